The Labute approximate surface area is 201 Å². The molecule has 0 radical (unpaired) electrons. The molecule has 1 fully saturated rings. The second-order valence-corrected chi connectivity index (χ2v) is 13.6. The molecular formula is C30H39NOSi. The number of hydrogen-bond acceptors (Lipinski definition) is 2. The van der Waals surface area contributed by atoms with E-state index in [0.29, 0.717) is 5.92 Å². The van der Waals surface area contributed by atoms with Crippen LogP contribution in [0.1, 0.15) is 53.9 Å². The summed E-state index contributed by atoms with van der Waals surface area (Å²) in [4.78, 5) is 0. The first-order chi connectivity index (χ1) is 15.9. The summed E-state index contributed by atoms with van der Waals surface area (Å²) in [7, 11) is -2.73. The average Bonchev–Trinajstić information content (AvgIpc) is 2.87. The fourth-order valence-electron chi connectivity index (χ4n) is 5.62. The second kappa shape index (κ2) is 9.58. The molecule has 3 aromatic rings. The summed E-state index contributed by atoms with van der Waals surface area (Å²) in [5.41, 5.74) is 0.101. The summed E-state index contributed by atoms with van der Waals surface area (Å²) >= 11 is 0. The molecule has 4 unspecified atom stereocenters. The molecule has 3 heteroatoms. The van der Waals surface area contributed by atoms with E-state index in [4.69, 9.17) is 4.43 Å². The number of rotatable bonds is 7. The molecule has 0 saturated carbocycles. The Bertz CT molecular complexity index is 928. The van der Waals surface area contributed by atoms with Crippen molar-refractivity contribution in [2.45, 2.75) is 71.1 Å². The monoisotopic (exact) mass is 457 g/mol. The third kappa shape index (κ3) is 4.47. The Morgan fingerprint density at radius 3 is 1.55 bits per heavy atom. The smallest absolute Gasteiger partial charge is 0.288 e. The number of benzene rings is 3. The summed E-state index contributed by atoms with van der Waals surface area (Å²) < 4.78 is 7.64. The van der Waals surface area contributed by atoms with Crippen molar-refractivity contribution in [3.05, 3.63) is 91.0 Å². The predicted octanol–water partition coefficient (Wildman–Crippen LogP) is 5.01. The standard InChI is InChI=1S/C30H39NOSi/c1-6-29(4)23-28(24(3)30(5,7-2)31-29)32-33(25-17-11-8-12-18-25,26-19-13-9-14-20-26)27-21-15-10-16-22-27/h8-22,24,28,31H,6-7,23H2,1-5H3. The average molecular weight is 458 g/mol. The van der Waals surface area contributed by atoms with E-state index in [9.17, 15) is 0 Å². The second-order valence-electron chi connectivity index (χ2n) is 10.2. The maximum absolute atomic E-state index is 7.64. The highest BCUT2D eigenvalue weighted by Crippen LogP contribution is 2.39. The fraction of sp³-hybridized carbons (Fsp3) is 0.400. The summed E-state index contributed by atoms with van der Waals surface area (Å²) in [6, 6.07) is 32.9. The molecule has 1 aliphatic heterocycles. The molecule has 0 spiro atoms. The normalized spacial score (nSPS) is 27.9. The highest BCUT2D eigenvalue weighted by atomic mass is 28.4. The van der Waals surface area contributed by atoms with Gasteiger partial charge in [0.05, 0.1) is 6.10 Å². The molecule has 0 aromatic heterocycles. The van der Waals surface area contributed by atoms with Crippen LogP contribution >= 0.6 is 0 Å². The zero-order valence-electron chi connectivity index (χ0n) is 20.8. The lowest BCUT2D eigenvalue weighted by molar-refractivity contribution is -0.0155. The van der Waals surface area contributed by atoms with E-state index in [0.717, 1.165) is 19.3 Å². The van der Waals surface area contributed by atoms with Crippen LogP contribution in [0.2, 0.25) is 0 Å². The third-order valence-corrected chi connectivity index (χ3v) is 12.3. The van der Waals surface area contributed by atoms with Gasteiger partial charge in [0.1, 0.15) is 0 Å². The maximum atomic E-state index is 7.64. The van der Waals surface area contributed by atoms with Gasteiger partial charge in [-0.25, -0.2) is 0 Å². The van der Waals surface area contributed by atoms with Crippen molar-refractivity contribution in [1.29, 1.82) is 0 Å². The van der Waals surface area contributed by atoms with Gasteiger partial charge in [-0.05, 0) is 54.6 Å². The number of nitrogens with one attached hydrogen (secondary N) is 1. The van der Waals surface area contributed by atoms with Crippen molar-refractivity contribution >= 4 is 23.9 Å². The lowest BCUT2D eigenvalue weighted by atomic mass is 9.70. The molecule has 1 saturated heterocycles. The molecule has 1 heterocycles. The third-order valence-electron chi connectivity index (χ3n) is 8.19. The van der Waals surface area contributed by atoms with Crippen molar-refractivity contribution < 1.29 is 4.43 Å². The Balaban J connectivity index is 1.92. The SMILES string of the molecule is CCC1(C)CC(O[Si](c2ccccc2)(c2ccccc2)c2ccccc2)C(C)C(C)(CC)N1. The zero-order valence-corrected chi connectivity index (χ0v) is 21.8. The van der Waals surface area contributed by atoms with E-state index in [1.807, 2.05) is 0 Å². The molecule has 0 aliphatic carbocycles. The molecular weight excluding hydrogens is 418 g/mol. The van der Waals surface area contributed by atoms with Gasteiger partial charge in [0, 0.05) is 11.1 Å². The first kappa shape index (κ1) is 23.9. The van der Waals surface area contributed by atoms with Crippen LogP contribution in [0, 0.1) is 5.92 Å². The van der Waals surface area contributed by atoms with Crippen LogP contribution in [-0.2, 0) is 4.43 Å². The van der Waals surface area contributed by atoms with Crippen LogP contribution in [0.5, 0.6) is 0 Å². The van der Waals surface area contributed by atoms with Crippen molar-refractivity contribution in [2.24, 2.45) is 5.92 Å². The maximum Gasteiger partial charge on any atom is 0.288 e. The number of hydrogen-bond donors (Lipinski definition) is 1. The summed E-state index contributed by atoms with van der Waals surface area (Å²) in [6.07, 6.45) is 3.35. The molecule has 1 aliphatic rings. The van der Waals surface area contributed by atoms with E-state index in [2.05, 4.69) is 131 Å². The van der Waals surface area contributed by atoms with Gasteiger partial charge in [-0.3, -0.25) is 0 Å². The predicted molar refractivity (Wildman–Crippen MR) is 143 cm³/mol. The summed E-state index contributed by atoms with van der Waals surface area (Å²) in [5.74, 6) is 0.394. The van der Waals surface area contributed by atoms with Crippen LogP contribution in [-0.4, -0.2) is 25.5 Å². The topological polar surface area (TPSA) is 21.3 Å². The molecule has 4 atom stereocenters. The van der Waals surface area contributed by atoms with Gasteiger partial charge in [-0.2, -0.15) is 0 Å². The molecule has 33 heavy (non-hydrogen) atoms. The molecule has 3 aromatic carbocycles. The van der Waals surface area contributed by atoms with Crippen LogP contribution in [0.15, 0.2) is 91.0 Å². The van der Waals surface area contributed by atoms with Crippen LogP contribution < -0.4 is 20.9 Å². The minimum Gasteiger partial charge on any atom is -0.401 e. The molecule has 174 valence electrons. The van der Waals surface area contributed by atoms with Gasteiger partial charge >= 0.3 is 0 Å². The molecule has 2 nitrogen and oxygen atoms in total. The highest BCUT2D eigenvalue weighted by molar-refractivity contribution is 7.07. The lowest BCUT2D eigenvalue weighted by Crippen LogP contribution is -2.74. The molecule has 1 N–H and O–H groups in total. The number of piperidine rings is 1. The van der Waals surface area contributed by atoms with Gasteiger partial charge in [0.25, 0.3) is 8.32 Å². The van der Waals surface area contributed by atoms with E-state index >= 15 is 0 Å². The minimum absolute atomic E-state index is 0.0396. The zero-order chi connectivity index (χ0) is 23.5. The molecule has 0 bridgehead atoms. The Morgan fingerprint density at radius 2 is 1.18 bits per heavy atom. The highest BCUT2D eigenvalue weighted by Gasteiger charge is 2.51. The van der Waals surface area contributed by atoms with Crippen LogP contribution in [0.3, 0.4) is 0 Å². The van der Waals surface area contributed by atoms with Gasteiger partial charge in [0.15, 0.2) is 0 Å². The van der Waals surface area contributed by atoms with E-state index in [1.165, 1.54) is 15.6 Å². The van der Waals surface area contributed by atoms with Crippen molar-refractivity contribution in [3.8, 4) is 0 Å². The summed E-state index contributed by atoms with van der Waals surface area (Å²) in [6.45, 7) is 11.7. The first-order valence-corrected chi connectivity index (χ1v) is 14.4. The largest absolute Gasteiger partial charge is 0.401 e. The van der Waals surface area contributed by atoms with Crippen molar-refractivity contribution in [3.63, 3.8) is 0 Å². The fourth-order valence-corrected chi connectivity index (χ4v) is 9.76. The van der Waals surface area contributed by atoms with Crippen LogP contribution in [0.25, 0.3) is 0 Å². The van der Waals surface area contributed by atoms with Crippen LogP contribution in [0.4, 0.5) is 0 Å². The quantitative estimate of drug-likeness (QED) is 0.398. The first-order valence-electron chi connectivity index (χ1n) is 12.5. The van der Waals surface area contributed by atoms with Gasteiger partial charge < -0.3 is 9.74 Å². The Kier molecular flexibility index (Phi) is 6.95. The van der Waals surface area contributed by atoms with Gasteiger partial charge in [0.2, 0.25) is 0 Å². The minimum atomic E-state index is -2.73. The van der Waals surface area contributed by atoms with Crippen molar-refractivity contribution in [2.75, 3.05) is 0 Å². The Morgan fingerprint density at radius 1 is 0.758 bits per heavy atom. The Hall–Kier alpha value is -2.20. The molecule has 4 rings (SSSR count). The van der Waals surface area contributed by atoms with E-state index < -0.39 is 8.32 Å². The van der Waals surface area contributed by atoms with E-state index in [-0.39, 0.29) is 17.2 Å². The van der Waals surface area contributed by atoms with E-state index in [1.54, 1.807) is 0 Å². The molecule has 0 amide bonds. The van der Waals surface area contributed by atoms with Gasteiger partial charge in [-0.1, -0.05) is 112 Å². The van der Waals surface area contributed by atoms with Crippen molar-refractivity contribution in [1.82, 2.24) is 5.32 Å². The lowest BCUT2D eigenvalue weighted by Gasteiger charge is -2.55. The van der Waals surface area contributed by atoms with Gasteiger partial charge in [-0.15, -0.1) is 0 Å². The summed E-state index contributed by atoms with van der Waals surface area (Å²) in [5, 5.41) is 7.96.